The molecule has 3 heterocycles. The van der Waals surface area contributed by atoms with Gasteiger partial charge in [0, 0.05) is 36.3 Å². The SMILES string of the molecule is O=C(O)[C@H]1[C@H](CCc2ccccc2O)c2cc(O)c(O[C@@H]3O[C@H](CO)[C@@H](O)[C@H](O)[C@H]3O)cc2N1C(=O)/C=C/c1ccc(O)c(CC2=NCN=C2)c1. The van der Waals surface area contributed by atoms with E-state index >= 15 is 0 Å². The van der Waals surface area contributed by atoms with Crippen LogP contribution in [0, 0.1) is 0 Å². The number of hydrogen-bond acceptors (Lipinski definition) is 13. The van der Waals surface area contributed by atoms with Crippen molar-refractivity contribution in [1.82, 2.24) is 0 Å². The van der Waals surface area contributed by atoms with Crippen LogP contribution in [0.4, 0.5) is 5.69 Å². The molecule has 0 aliphatic carbocycles. The number of benzene rings is 3. The number of rotatable bonds is 11. The highest BCUT2D eigenvalue weighted by Crippen LogP contribution is 2.49. The number of aliphatic carboxylic acids is 1. The lowest BCUT2D eigenvalue weighted by Gasteiger charge is -2.39. The van der Waals surface area contributed by atoms with Gasteiger partial charge in [-0.2, -0.15) is 0 Å². The number of aliphatic hydroxyl groups excluding tert-OH is 4. The summed E-state index contributed by atoms with van der Waals surface area (Å²) in [6, 6.07) is 12.3. The lowest BCUT2D eigenvalue weighted by Crippen LogP contribution is -2.60. The first-order valence-electron chi connectivity index (χ1n) is 16.2. The third-order valence-electron chi connectivity index (χ3n) is 9.21. The number of phenolic OH excluding ortho intramolecular Hbond substituents is 3. The maximum atomic E-state index is 14.0. The van der Waals surface area contributed by atoms with Gasteiger partial charge in [-0.15, -0.1) is 0 Å². The summed E-state index contributed by atoms with van der Waals surface area (Å²) in [7, 11) is 0. The van der Waals surface area contributed by atoms with Crippen molar-refractivity contribution in [3.63, 3.8) is 0 Å². The summed E-state index contributed by atoms with van der Waals surface area (Å²) >= 11 is 0. The molecular formula is C36H37N3O12. The molecule has 1 fully saturated rings. The van der Waals surface area contributed by atoms with Crippen LogP contribution in [0.15, 0.2) is 70.7 Å². The van der Waals surface area contributed by atoms with Crippen molar-refractivity contribution < 1.29 is 59.9 Å². The van der Waals surface area contributed by atoms with E-state index in [0.29, 0.717) is 41.1 Å². The Morgan fingerprint density at radius 1 is 0.941 bits per heavy atom. The molecule has 0 unspecified atom stereocenters. The van der Waals surface area contributed by atoms with E-state index in [4.69, 9.17) is 9.47 Å². The second kappa shape index (κ2) is 14.9. The van der Waals surface area contributed by atoms with Gasteiger partial charge in [-0.05, 0) is 59.9 Å². The van der Waals surface area contributed by atoms with Gasteiger partial charge in [-0.3, -0.25) is 19.7 Å². The Labute approximate surface area is 291 Å². The lowest BCUT2D eigenvalue weighted by molar-refractivity contribution is -0.277. The summed E-state index contributed by atoms with van der Waals surface area (Å²) in [6.07, 6.45) is -3.26. The number of anilines is 1. The number of carbonyl (C=O) groups is 2. The second-order valence-electron chi connectivity index (χ2n) is 12.5. The van der Waals surface area contributed by atoms with Crippen LogP contribution in [0.2, 0.25) is 0 Å². The highest BCUT2D eigenvalue weighted by molar-refractivity contribution is 6.32. The maximum absolute atomic E-state index is 14.0. The standard InChI is InChI=1S/C36H37N3O12/c40-16-29-32(45)33(46)34(47)36(51-29)50-28-14-24-23(13-27(28)43)22(8-7-19-3-1-2-4-25(19)41)31(35(48)49)39(24)30(44)10-6-18-5-9-26(42)20(11-18)12-21-15-37-17-38-21/h1-6,9-11,13-15,22,29,31-34,36,40-43,45-47H,7-8,12,16-17H2,(H,48,49)/b10-6+/t22-,29-,31-,32-,33+,34-,36-/m1/s1. The van der Waals surface area contributed by atoms with E-state index in [1.165, 1.54) is 36.4 Å². The summed E-state index contributed by atoms with van der Waals surface area (Å²) in [5, 5.41) is 82.9. The van der Waals surface area contributed by atoms with Gasteiger partial charge in [-0.1, -0.05) is 24.3 Å². The lowest BCUT2D eigenvalue weighted by atomic mass is 9.88. The Bertz CT molecular complexity index is 1890. The molecule has 0 aromatic heterocycles. The fourth-order valence-electron chi connectivity index (χ4n) is 6.56. The molecule has 1 saturated heterocycles. The summed E-state index contributed by atoms with van der Waals surface area (Å²) < 4.78 is 11.1. The Hall–Kier alpha value is -5.32. The van der Waals surface area contributed by atoms with E-state index in [2.05, 4.69) is 9.98 Å². The molecule has 7 atom stereocenters. The molecule has 3 aliphatic heterocycles. The normalized spacial score (nSPS) is 25.6. The van der Waals surface area contributed by atoms with Crippen LogP contribution >= 0.6 is 0 Å². The minimum absolute atomic E-state index is 0.0186. The molecule has 268 valence electrons. The van der Waals surface area contributed by atoms with Crippen molar-refractivity contribution in [2.45, 2.75) is 61.9 Å². The van der Waals surface area contributed by atoms with Crippen LogP contribution < -0.4 is 9.64 Å². The number of aliphatic imine (C=N–C) groups is 2. The Morgan fingerprint density at radius 2 is 1.71 bits per heavy atom. The number of carboxylic acid groups (broad SMARTS) is 1. The predicted molar refractivity (Wildman–Crippen MR) is 182 cm³/mol. The summed E-state index contributed by atoms with van der Waals surface area (Å²) in [5.41, 5.74) is 2.68. The molecule has 3 aromatic carbocycles. The van der Waals surface area contributed by atoms with Crippen LogP contribution in [0.1, 0.15) is 34.6 Å². The molecule has 1 amide bonds. The quantitative estimate of drug-likeness (QED) is 0.132. The monoisotopic (exact) mass is 703 g/mol. The van der Waals surface area contributed by atoms with Gasteiger partial charge < -0.3 is 50.3 Å². The van der Waals surface area contributed by atoms with Gasteiger partial charge in [0.05, 0.1) is 18.0 Å². The molecule has 0 spiro atoms. The molecule has 3 aliphatic rings. The van der Waals surface area contributed by atoms with E-state index < -0.39 is 66.9 Å². The van der Waals surface area contributed by atoms with Gasteiger partial charge in [0.25, 0.3) is 5.91 Å². The molecule has 0 radical (unpaired) electrons. The summed E-state index contributed by atoms with van der Waals surface area (Å²) in [6.45, 7) is -0.410. The predicted octanol–water partition coefficient (Wildman–Crippen LogP) is 1.24. The molecule has 0 bridgehead atoms. The Kier molecular flexibility index (Phi) is 10.4. The number of phenols is 3. The summed E-state index contributed by atoms with van der Waals surface area (Å²) in [4.78, 5) is 36.3. The minimum atomic E-state index is -1.81. The maximum Gasteiger partial charge on any atom is 0.327 e. The van der Waals surface area contributed by atoms with Crippen molar-refractivity contribution >= 4 is 35.6 Å². The number of ether oxygens (including phenoxy) is 2. The van der Waals surface area contributed by atoms with Crippen LogP contribution in [-0.4, -0.2) is 115 Å². The zero-order chi connectivity index (χ0) is 36.4. The van der Waals surface area contributed by atoms with Crippen LogP contribution in [0.25, 0.3) is 6.08 Å². The zero-order valence-corrected chi connectivity index (χ0v) is 27.1. The number of fused-ring (bicyclic) bond motifs is 1. The number of amides is 1. The Balaban J connectivity index is 1.35. The third kappa shape index (κ3) is 7.29. The number of carbonyl (C=O) groups excluding carboxylic acids is 1. The molecule has 15 heteroatoms. The number of aryl methyl sites for hydroxylation is 1. The number of carboxylic acids is 1. The molecule has 3 aromatic rings. The number of para-hydroxylation sites is 1. The second-order valence-corrected chi connectivity index (χ2v) is 12.5. The highest BCUT2D eigenvalue weighted by Gasteiger charge is 2.48. The topological polar surface area (TPSA) is 242 Å². The fourth-order valence-corrected chi connectivity index (χ4v) is 6.56. The smallest absolute Gasteiger partial charge is 0.327 e. The average Bonchev–Trinajstić information content (AvgIpc) is 3.74. The first-order chi connectivity index (χ1) is 24.5. The van der Waals surface area contributed by atoms with Crippen molar-refractivity contribution in [2.75, 3.05) is 18.2 Å². The van der Waals surface area contributed by atoms with Crippen molar-refractivity contribution in [1.29, 1.82) is 0 Å². The van der Waals surface area contributed by atoms with E-state index in [1.54, 1.807) is 36.5 Å². The van der Waals surface area contributed by atoms with E-state index in [0.717, 1.165) is 4.90 Å². The van der Waals surface area contributed by atoms with Gasteiger partial charge in [-0.25, -0.2) is 4.79 Å². The first kappa shape index (κ1) is 35.5. The zero-order valence-electron chi connectivity index (χ0n) is 27.1. The van der Waals surface area contributed by atoms with E-state index in [1.807, 2.05) is 0 Å². The van der Waals surface area contributed by atoms with Crippen LogP contribution in [0.3, 0.4) is 0 Å². The fraction of sp³-hybridized carbons (Fsp3) is 0.333. The van der Waals surface area contributed by atoms with Crippen molar-refractivity contribution in [2.24, 2.45) is 9.98 Å². The van der Waals surface area contributed by atoms with Gasteiger partial charge in [0.1, 0.15) is 48.6 Å². The number of aliphatic hydroxyl groups is 4. The number of aromatic hydroxyl groups is 3. The van der Waals surface area contributed by atoms with Gasteiger partial charge in [0.15, 0.2) is 11.5 Å². The van der Waals surface area contributed by atoms with Gasteiger partial charge in [0.2, 0.25) is 6.29 Å². The molecule has 15 nitrogen and oxygen atoms in total. The van der Waals surface area contributed by atoms with Crippen molar-refractivity contribution in [3.8, 4) is 23.0 Å². The highest BCUT2D eigenvalue weighted by atomic mass is 16.7. The van der Waals surface area contributed by atoms with Crippen LogP contribution in [0.5, 0.6) is 23.0 Å². The molecule has 0 saturated carbocycles. The minimum Gasteiger partial charge on any atom is -0.508 e. The van der Waals surface area contributed by atoms with Crippen molar-refractivity contribution in [3.05, 3.63) is 82.9 Å². The summed E-state index contributed by atoms with van der Waals surface area (Å²) in [5.74, 6) is -3.73. The van der Waals surface area contributed by atoms with Gasteiger partial charge >= 0.3 is 5.97 Å². The molecule has 8 N–H and O–H groups in total. The Morgan fingerprint density at radius 3 is 2.41 bits per heavy atom. The molecule has 51 heavy (non-hydrogen) atoms. The van der Waals surface area contributed by atoms with Crippen LogP contribution in [-0.2, 0) is 27.2 Å². The average molecular weight is 704 g/mol. The molecular weight excluding hydrogens is 666 g/mol. The third-order valence-corrected chi connectivity index (χ3v) is 9.21. The largest absolute Gasteiger partial charge is 0.508 e. The number of hydrogen-bond donors (Lipinski definition) is 8. The number of nitrogens with zero attached hydrogens (tertiary/aromatic N) is 3. The molecule has 6 rings (SSSR count). The first-order valence-corrected chi connectivity index (χ1v) is 16.2. The van der Waals surface area contributed by atoms with E-state index in [-0.39, 0.29) is 35.8 Å². The van der Waals surface area contributed by atoms with E-state index in [9.17, 15) is 50.4 Å².